The first-order valence-electron chi connectivity index (χ1n) is 5.68. The van der Waals surface area contributed by atoms with Crippen LogP contribution >= 0.6 is 12.6 Å². The Morgan fingerprint density at radius 2 is 1.65 bits per heavy atom. The highest BCUT2D eigenvalue weighted by Crippen LogP contribution is 2.32. The molecule has 0 atom stereocenters. The van der Waals surface area contributed by atoms with Crippen molar-refractivity contribution in [3.63, 3.8) is 0 Å². The first-order chi connectivity index (χ1) is 8.04. The summed E-state index contributed by atoms with van der Waals surface area (Å²) in [4.78, 5) is 0. The Labute approximate surface area is 107 Å². The van der Waals surface area contributed by atoms with Crippen molar-refractivity contribution in [3.05, 3.63) is 40.1 Å². The highest BCUT2D eigenvalue weighted by Gasteiger charge is 2.14. The third-order valence-corrected chi connectivity index (χ3v) is 3.66. The molecule has 1 aromatic heterocycles. The van der Waals surface area contributed by atoms with Crippen LogP contribution in [0.5, 0.6) is 0 Å². The van der Waals surface area contributed by atoms with Crippen molar-refractivity contribution in [2.45, 2.75) is 33.4 Å². The van der Waals surface area contributed by atoms with Gasteiger partial charge in [0.05, 0.1) is 5.69 Å². The van der Waals surface area contributed by atoms with E-state index in [-0.39, 0.29) is 0 Å². The quantitative estimate of drug-likeness (QED) is 0.812. The van der Waals surface area contributed by atoms with E-state index in [0.717, 1.165) is 11.5 Å². The molecule has 0 aliphatic heterocycles. The standard InChI is InChI=1S/C14H17NOS/c1-8-5-9(2)11(4)14(10(8)3)13-6-12(7-17)15-16-13/h5-6,17H,7H2,1-4H3. The van der Waals surface area contributed by atoms with E-state index in [0.29, 0.717) is 5.75 Å². The summed E-state index contributed by atoms with van der Waals surface area (Å²) in [6.07, 6.45) is 0. The third kappa shape index (κ3) is 2.12. The van der Waals surface area contributed by atoms with Crippen LogP contribution in [0.1, 0.15) is 27.9 Å². The molecule has 3 heteroatoms. The first kappa shape index (κ1) is 12.2. The zero-order valence-electron chi connectivity index (χ0n) is 10.7. The van der Waals surface area contributed by atoms with Gasteiger partial charge in [-0.1, -0.05) is 11.2 Å². The van der Waals surface area contributed by atoms with Crippen molar-refractivity contribution in [2.75, 3.05) is 0 Å². The van der Waals surface area contributed by atoms with Crippen molar-refractivity contribution >= 4 is 12.6 Å². The number of aryl methyl sites for hydroxylation is 2. The van der Waals surface area contributed by atoms with E-state index in [1.54, 1.807) is 0 Å². The van der Waals surface area contributed by atoms with Crippen molar-refractivity contribution in [1.29, 1.82) is 0 Å². The van der Waals surface area contributed by atoms with Crippen LogP contribution in [0.15, 0.2) is 16.7 Å². The van der Waals surface area contributed by atoms with E-state index < -0.39 is 0 Å². The summed E-state index contributed by atoms with van der Waals surface area (Å²) in [5, 5.41) is 4.00. The lowest BCUT2D eigenvalue weighted by molar-refractivity contribution is 0.426. The molecule has 0 fully saturated rings. The molecule has 17 heavy (non-hydrogen) atoms. The topological polar surface area (TPSA) is 26.0 Å². The number of rotatable bonds is 2. The molecule has 1 aromatic carbocycles. The molecule has 2 aromatic rings. The molecular formula is C14H17NOS. The molecule has 0 N–H and O–H groups in total. The van der Waals surface area contributed by atoms with Crippen molar-refractivity contribution in [3.8, 4) is 11.3 Å². The molecular weight excluding hydrogens is 230 g/mol. The molecule has 0 aliphatic rings. The van der Waals surface area contributed by atoms with E-state index in [9.17, 15) is 0 Å². The van der Waals surface area contributed by atoms with Crippen LogP contribution in [0.25, 0.3) is 11.3 Å². The number of aromatic nitrogens is 1. The summed E-state index contributed by atoms with van der Waals surface area (Å²) in [7, 11) is 0. The minimum atomic E-state index is 0.604. The summed E-state index contributed by atoms with van der Waals surface area (Å²) in [5.41, 5.74) is 7.13. The molecule has 0 bridgehead atoms. The lowest BCUT2D eigenvalue weighted by Crippen LogP contribution is -1.94. The monoisotopic (exact) mass is 247 g/mol. The van der Waals surface area contributed by atoms with Gasteiger partial charge >= 0.3 is 0 Å². The Balaban J connectivity index is 2.65. The Kier molecular flexibility index (Phi) is 3.29. The van der Waals surface area contributed by atoms with Crippen LogP contribution in [-0.4, -0.2) is 5.16 Å². The van der Waals surface area contributed by atoms with Gasteiger partial charge in [0.25, 0.3) is 0 Å². The highest BCUT2D eigenvalue weighted by molar-refractivity contribution is 7.79. The molecule has 2 rings (SSSR count). The van der Waals surface area contributed by atoms with E-state index in [4.69, 9.17) is 4.52 Å². The minimum Gasteiger partial charge on any atom is -0.356 e. The average molecular weight is 247 g/mol. The SMILES string of the molecule is Cc1cc(C)c(C)c(-c2cc(CS)no2)c1C. The molecule has 0 unspecified atom stereocenters. The normalized spacial score (nSPS) is 10.9. The number of thiol groups is 1. The number of hydrogen-bond donors (Lipinski definition) is 1. The Bertz CT molecular complexity index is 531. The maximum atomic E-state index is 5.41. The van der Waals surface area contributed by atoms with E-state index in [1.807, 2.05) is 6.07 Å². The summed E-state index contributed by atoms with van der Waals surface area (Å²) in [6.45, 7) is 8.50. The molecule has 90 valence electrons. The molecule has 1 heterocycles. The average Bonchev–Trinajstić information content (AvgIpc) is 2.75. The van der Waals surface area contributed by atoms with Gasteiger partial charge in [-0.15, -0.1) is 0 Å². The second kappa shape index (κ2) is 4.57. The second-order valence-electron chi connectivity index (χ2n) is 4.48. The van der Waals surface area contributed by atoms with Crippen LogP contribution in [0.2, 0.25) is 0 Å². The molecule has 0 spiro atoms. The fourth-order valence-electron chi connectivity index (χ4n) is 2.09. The number of hydrogen-bond acceptors (Lipinski definition) is 3. The summed E-state index contributed by atoms with van der Waals surface area (Å²) < 4.78 is 5.41. The fourth-order valence-corrected chi connectivity index (χ4v) is 2.24. The third-order valence-electron chi connectivity index (χ3n) is 3.33. The molecule has 0 aliphatic carbocycles. The summed E-state index contributed by atoms with van der Waals surface area (Å²) in [6, 6.07) is 4.19. The van der Waals surface area contributed by atoms with Gasteiger partial charge in [0, 0.05) is 17.4 Å². The second-order valence-corrected chi connectivity index (χ2v) is 4.79. The van der Waals surface area contributed by atoms with Gasteiger partial charge in [-0.2, -0.15) is 12.6 Å². The van der Waals surface area contributed by atoms with Gasteiger partial charge < -0.3 is 4.52 Å². The Hall–Kier alpha value is -1.22. The van der Waals surface area contributed by atoms with Crippen molar-refractivity contribution in [1.82, 2.24) is 5.16 Å². The predicted octanol–water partition coefficient (Wildman–Crippen LogP) is 4.01. The summed E-state index contributed by atoms with van der Waals surface area (Å²) in [5.74, 6) is 1.45. The van der Waals surface area contributed by atoms with Crippen LogP contribution < -0.4 is 0 Å². The van der Waals surface area contributed by atoms with Crippen LogP contribution in [-0.2, 0) is 5.75 Å². The largest absolute Gasteiger partial charge is 0.356 e. The van der Waals surface area contributed by atoms with Gasteiger partial charge in [0.2, 0.25) is 0 Å². The van der Waals surface area contributed by atoms with Gasteiger partial charge in [-0.25, -0.2) is 0 Å². The summed E-state index contributed by atoms with van der Waals surface area (Å²) >= 11 is 4.21. The van der Waals surface area contributed by atoms with Gasteiger partial charge in [-0.3, -0.25) is 0 Å². The van der Waals surface area contributed by atoms with E-state index >= 15 is 0 Å². The number of benzene rings is 1. The zero-order valence-corrected chi connectivity index (χ0v) is 11.6. The van der Waals surface area contributed by atoms with Crippen LogP contribution in [0.4, 0.5) is 0 Å². The van der Waals surface area contributed by atoms with Gasteiger partial charge in [0.15, 0.2) is 5.76 Å². The van der Waals surface area contributed by atoms with Crippen LogP contribution in [0, 0.1) is 27.7 Å². The fraction of sp³-hybridized carbons (Fsp3) is 0.357. The molecule has 0 saturated heterocycles. The molecule has 0 radical (unpaired) electrons. The highest BCUT2D eigenvalue weighted by atomic mass is 32.1. The Morgan fingerprint density at radius 3 is 2.12 bits per heavy atom. The van der Waals surface area contributed by atoms with Crippen LogP contribution in [0.3, 0.4) is 0 Å². The minimum absolute atomic E-state index is 0.604. The van der Waals surface area contributed by atoms with Crippen molar-refractivity contribution in [2.24, 2.45) is 0 Å². The lowest BCUT2D eigenvalue weighted by atomic mass is 9.93. The van der Waals surface area contributed by atoms with E-state index in [1.165, 1.54) is 27.8 Å². The maximum Gasteiger partial charge on any atom is 0.167 e. The van der Waals surface area contributed by atoms with E-state index in [2.05, 4.69) is 51.5 Å². The van der Waals surface area contributed by atoms with Crippen molar-refractivity contribution < 1.29 is 4.52 Å². The van der Waals surface area contributed by atoms with Gasteiger partial charge in [-0.05, 0) is 49.9 Å². The smallest absolute Gasteiger partial charge is 0.167 e. The lowest BCUT2D eigenvalue weighted by Gasteiger charge is -2.12. The molecule has 0 saturated carbocycles. The molecule has 2 nitrogen and oxygen atoms in total. The molecule has 0 amide bonds. The Morgan fingerprint density at radius 1 is 1.06 bits per heavy atom. The number of nitrogens with zero attached hydrogens (tertiary/aromatic N) is 1. The zero-order chi connectivity index (χ0) is 12.6. The van der Waals surface area contributed by atoms with Gasteiger partial charge in [0.1, 0.15) is 0 Å². The first-order valence-corrected chi connectivity index (χ1v) is 6.32. The predicted molar refractivity (Wildman–Crippen MR) is 73.6 cm³/mol. The maximum absolute atomic E-state index is 5.41.